The first-order valence-electron chi connectivity index (χ1n) is 14.2. The van der Waals surface area contributed by atoms with E-state index >= 15 is 0 Å². The monoisotopic (exact) mass is 569 g/mol. The van der Waals surface area contributed by atoms with Gasteiger partial charge in [0.2, 0.25) is 0 Å². The minimum absolute atomic E-state index is 0.0858. The molecule has 1 atom stereocenters. The van der Waals surface area contributed by atoms with Crippen LogP contribution in [0.5, 0.6) is 0 Å². The highest BCUT2D eigenvalue weighted by atomic mass is 19.1. The number of benzene rings is 2. The lowest BCUT2D eigenvalue weighted by Gasteiger charge is -2.41. The Hall–Kier alpha value is -4.46. The smallest absolute Gasteiger partial charge is 0.410 e. The van der Waals surface area contributed by atoms with Gasteiger partial charge < -0.3 is 23.7 Å². The van der Waals surface area contributed by atoms with Crippen LogP contribution in [-0.2, 0) is 16.0 Å². The normalized spacial score (nSPS) is 15.6. The van der Waals surface area contributed by atoms with Gasteiger partial charge in [0.05, 0.1) is 11.6 Å². The van der Waals surface area contributed by atoms with Gasteiger partial charge in [-0.25, -0.2) is 9.18 Å². The third-order valence-corrected chi connectivity index (χ3v) is 7.72. The molecule has 0 unspecified atom stereocenters. The molecule has 2 aromatic heterocycles. The molecule has 1 fully saturated rings. The molecule has 42 heavy (non-hydrogen) atoms. The van der Waals surface area contributed by atoms with Crippen LogP contribution < -0.4 is 0 Å². The number of aldehydes is 1. The highest BCUT2D eigenvalue weighted by molar-refractivity contribution is 6.01. The zero-order chi connectivity index (χ0) is 30.0. The van der Waals surface area contributed by atoms with Crippen LogP contribution in [0.3, 0.4) is 0 Å². The van der Waals surface area contributed by atoms with Gasteiger partial charge in [0.1, 0.15) is 23.4 Å². The first-order chi connectivity index (χ1) is 20.1. The maximum absolute atomic E-state index is 14.6. The van der Waals surface area contributed by atoms with Crippen LogP contribution in [0.1, 0.15) is 54.4 Å². The van der Waals surface area contributed by atoms with Gasteiger partial charge >= 0.3 is 6.09 Å². The van der Waals surface area contributed by atoms with E-state index in [1.165, 1.54) is 6.07 Å². The molecular formula is C34H36FN3O4. The Morgan fingerprint density at radius 1 is 1.00 bits per heavy atom. The fraction of sp³-hybridized carbons (Fsp3) is 0.324. The molecule has 2 amide bonds. The number of pyridine rings is 1. The van der Waals surface area contributed by atoms with Crippen LogP contribution >= 0.6 is 0 Å². The summed E-state index contributed by atoms with van der Waals surface area (Å²) in [5.74, 6) is -0.498. The van der Waals surface area contributed by atoms with Gasteiger partial charge in [0.25, 0.3) is 5.91 Å². The van der Waals surface area contributed by atoms with Crippen molar-refractivity contribution in [3.8, 4) is 11.1 Å². The number of hydrogen-bond acceptors (Lipinski definition) is 4. The number of halogens is 1. The summed E-state index contributed by atoms with van der Waals surface area (Å²) in [5.41, 5.74) is 4.69. The number of ether oxygens (including phenoxy) is 1. The second-order valence-corrected chi connectivity index (χ2v) is 11.7. The number of carbonyl (C=O) groups is 3. The van der Waals surface area contributed by atoms with E-state index in [0.29, 0.717) is 17.7 Å². The predicted molar refractivity (Wildman–Crippen MR) is 160 cm³/mol. The van der Waals surface area contributed by atoms with Crippen molar-refractivity contribution < 1.29 is 23.5 Å². The number of rotatable bonds is 6. The Balaban J connectivity index is 1.60. The number of hydrogen-bond donors (Lipinski definition) is 0. The zero-order valence-corrected chi connectivity index (χ0v) is 24.5. The van der Waals surface area contributed by atoms with E-state index in [4.69, 9.17) is 4.74 Å². The summed E-state index contributed by atoms with van der Waals surface area (Å²) in [7, 11) is 0. The van der Waals surface area contributed by atoms with E-state index in [2.05, 4.69) is 0 Å². The standard InChI is InChI=1S/C34H36FN3O4/c1-23-25(13-10-14-28(23)35)21-27-30(24-11-6-5-7-12-24)29-15-8-9-17-38(29)31(27)32(40)36-18-19-37(26(22-36)16-20-39)33(41)42-34(2,3)4/h5-15,17,20,26H,16,18-19,21-22H2,1-4H3/t26-/m0/s1. The molecule has 0 spiro atoms. The highest BCUT2D eigenvalue weighted by Crippen LogP contribution is 2.36. The van der Waals surface area contributed by atoms with Gasteiger partial charge in [-0.1, -0.05) is 48.5 Å². The first kappa shape index (κ1) is 29.0. The first-order valence-corrected chi connectivity index (χ1v) is 14.2. The molecule has 4 aromatic rings. The topological polar surface area (TPSA) is 71.3 Å². The van der Waals surface area contributed by atoms with Crippen molar-refractivity contribution in [2.75, 3.05) is 19.6 Å². The lowest BCUT2D eigenvalue weighted by Crippen LogP contribution is -2.57. The van der Waals surface area contributed by atoms with Crippen molar-refractivity contribution in [3.63, 3.8) is 0 Å². The van der Waals surface area contributed by atoms with E-state index in [0.717, 1.165) is 34.1 Å². The van der Waals surface area contributed by atoms with Crippen LogP contribution in [0.4, 0.5) is 9.18 Å². The molecule has 1 aliphatic rings. The average Bonchev–Trinajstić information content (AvgIpc) is 3.28. The Kier molecular flexibility index (Phi) is 8.16. The summed E-state index contributed by atoms with van der Waals surface area (Å²) < 4.78 is 22.1. The Bertz CT molecular complexity index is 1620. The van der Waals surface area contributed by atoms with E-state index < -0.39 is 17.7 Å². The molecule has 0 aliphatic carbocycles. The van der Waals surface area contributed by atoms with Gasteiger partial charge in [0.15, 0.2) is 0 Å². The molecule has 1 saturated heterocycles. The van der Waals surface area contributed by atoms with E-state index in [1.807, 2.05) is 65.2 Å². The number of amides is 2. The summed E-state index contributed by atoms with van der Waals surface area (Å²) in [6.45, 7) is 7.86. The number of fused-ring (bicyclic) bond motifs is 1. The maximum atomic E-state index is 14.6. The molecule has 8 heteroatoms. The quantitative estimate of drug-likeness (QED) is 0.256. The molecule has 0 radical (unpaired) electrons. The molecule has 1 aliphatic heterocycles. The van der Waals surface area contributed by atoms with Crippen molar-refractivity contribution in [1.29, 1.82) is 0 Å². The molecule has 7 nitrogen and oxygen atoms in total. The summed E-state index contributed by atoms with van der Waals surface area (Å²) >= 11 is 0. The van der Waals surface area contributed by atoms with Crippen molar-refractivity contribution >= 4 is 23.8 Å². The summed E-state index contributed by atoms with van der Waals surface area (Å²) in [6, 6.07) is 20.2. The Labute approximate surface area is 245 Å². The van der Waals surface area contributed by atoms with Crippen LogP contribution in [0.2, 0.25) is 0 Å². The van der Waals surface area contributed by atoms with Crippen molar-refractivity contribution in [2.24, 2.45) is 0 Å². The SMILES string of the molecule is Cc1c(F)cccc1Cc1c(-c2ccccc2)c2ccccn2c1C(=O)N1CCN(C(=O)OC(C)(C)C)[C@@H](CC=O)C1. The molecule has 5 rings (SSSR count). The minimum Gasteiger partial charge on any atom is -0.444 e. The third-order valence-electron chi connectivity index (χ3n) is 7.72. The van der Waals surface area contributed by atoms with Gasteiger partial charge in [0, 0.05) is 44.2 Å². The summed E-state index contributed by atoms with van der Waals surface area (Å²) in [5, 5.41) is 0. The van der Waals surface area contributed by atoms with E-state index in [9.17, 15) is 18.8 Å². The second-order valence-electron chi connectivity index (χ2n) is 11.7. The lowest BCUT2D eigenvalue weighted by atomic mass is 9.93. The number of nitrogens with zero attached hydrogens (tertiary/aromatic N) is 3. The Morgan fingerprint density at radius 2 is 1.74 bits per heavy atom. The number of carbonyl (C=O) groups excluding carboxylic acids is 3. The molecule has 218 valence electrons. The number of aromatic nitrogens is 1. The number of piperazine rings is 1. The molecule has 3 heterocycles. The molecule has 0 bridgehead atoms. The molecule has 0 N–H and O–H groups in total. The fourth-order valence-corrected chi connectivity index (χ4v) is 5.69. The van der Waals surface area contributed by atoms with Gasteiger partial charge in [-0.2, -0.15) is 0 Å². The van der Waals surface area contributed by atoms with Gasteiger partial charge in [-0.05, 0) is 68.1 Å². The van der Waals surface area contributed by atoms with Crippen LogP contribution in [-0.4, -0.2) is 63.8 Å². The van der Waals surface area contributed by atoms with Gasteiger partial charge in [-0.15, -0.1) is 0 Å². The van der Waals surface area contributed by atoms with Crippen molar-refractivity contribution in [1.82, 2.24) is 14.2 Å². The maximum Gasteiger partial charge on any atom is 0.410 e. The van der Waals surface area contributed by atoms with Crippen LogP contribution in [0.25, 0.3) is 16.6 Å². The predicted octanol–water partition coefficient (Wildman–Crippen LogP) is 6.30. The minimum atomic E-state index is -0.682. The second kappa shape index (κ2) is 11.8. The summed E-state index contributed by atoms with van der Waals surface area (Å²) in [6.07, 6.45) is 2.59. The lowest BCUT2D eigenvalue weighted by molar-refractivity contribution is -0.109. The zero-order valence-electron chi connectivity index (χ0n) is 24.5. The average molecular weight is 570 g/mol. The highest BCUT2D eigenvalue weighted by Gasteiger charge is 2.37. The molecule has 2 aromatic carbocycles. The van der Waals surface area contributed by atoms with Crippen molar-refractivity contribution in [3.05, 3.63) is 101 Å². The van der Waals surface area contributed by atoms with Crippen molar-refractivity contribution in [2.45, 2.75) is 52.2 Å². The Morgan fingerprint density at radius 3 is 2.45 bits per heavy atom. The largest absolute Gasteiger partial charge is 0.444 e. The molecular weight excluding hydrogens is 533 g/mol. The molecule has 0 saturated carbocycles. The van der Waals surface area contributed by atoms with Gasteiger partial charge in [-0.3, -0.25) is 4.79 Å². The fourth-order valence-electron chi connectivity index (χ4n) is 5.69. The van der Waals surface area contributed by atoms with E-state index in [-0.39, 0.29) is 37.8 Å². The van der Waals surface area contributed by atoms with Crippen LogP contribution in [0, 0.1) is 12.7 Å². The third kappa shape index (κ3) is 5.79. The van der Waals surface area contributed by atoms with Crippen LogP contribution in [0.15, 0.2) is 72.9 Å². The summed E-state index contributed by atoms with van der Waals surface area (Å²) in [4.78, 5) is 42.3. The van der Waals surface area contributed by atoms with E-state index in [1.54, 1.807) is 43.6 Å².